The molecule has 0 fully saturated rings. The third-order valence-corrected chi connectivity index (χ3v) is 2.89. The van der Waals surface area contributed by atoms with Crippen molar-refractivity contribution in [3.63, 3.8) is 0 Å². The van der Waals surface area contributed by atoms with Gasteiger partial charge in [0.25, 0.3) is 0 Å². The zero-order chi connectivity index (χ0) is 14.6. The van der Waals surface area contributed by atoms with Gasteiger partial charge in [-0.05, 0) is 52.7 Å². The quantitative estimate of drug-likeness (QED) is 0.860. The van der Waals surface area contributed by atoms with Crippen molar-refractivity contribution in [2.75, 3.05) is 13.2 Å². The Balaban J connectivity index is 2.53. The van der Waals surface area contributed by atoms with Crippen molar-refractivity contribution in [2.45, 2.75) is 53.2 Å². The van der Waals surface area contributed by atoms with Gasteiger partial charge >= 0.3 is 0 Å². The summed E-state index contributed by atoms with van der Waals surface area (Å²) in [5.41, 5.74) is 3.48. The van der Waals surface area contributed by atoms with Gasteiger partial charge in [-0.3, -0.25) is 0 Å². The lowest BCUT2D eigenvalue weighted by atomic mass is 10.1. The molecule has 0 radical (unpaired) electrons. The van der Waals surface area contributed by atoms with Gasteiger partial charge in [-0.25, -0.2) is 0 Å². The Morgan fingerprint density at radius 3 is 2.16 bits per heavy atom. The molecule has 0 bridgehead atoms. The predicted molar refractivity (Wildman–Crippen MR) is 79.9 cm³/mol. The molecule has 3 nitrogen and oxygen atoms in total. The van der Waals surface area contributed by atoms with E-state index in [1.807, 2.05) is 13.8 Å². The molecule has 1 aromatic rings. The van der Waals surface area contributed by atoms with Gasteiger partial charge in [-0.2, -0.15) is 0 Å². The van der Waals surface area contributed by atoms with Gasteiger partial charge in [-0.1, -0.05) is 17.7 Å². The van der Waals surface area contributed by atoms with Crippen molar-refractivity contribution in [1.82, 2.24) is 5.32 Å². The van der Waals surface area contributed by atoms with Crippen LogP contribution in [-0.2, 0) is 0 Å². The van der Waals surface area contributed by atoms with E-state index in [1.165, 1.54) is 5.56 Å². The van der Waals surface area contributed by atoms with Crippen LogP contribution in [0.25, 0.3) is 0 Å². The van der Waals surface area contributed by atoms with Gasteiger partial charge in [0.1, 0.15) is 18.5 Å². The second-order valence-corrected chi connectivity index (χ2v) is 6.32. The van der Waals surface area contributed by atoms with E-state index in [0.29, 0.717) is 13.2 Å². The fourth-order valence-electron chi connectivity index (χ4n) is 2.06. The minimum atomic E-state index is -0.501. The van der Waals surface area contributed by atoms with Crippen LogP contribution in [0.4, 0.5) is 0 Å². The average Bonchev–Trinajstić information content (AvgIpc) is 2.23. The summed E-state index contributed by atoms with van der Waals surface area (Å²) in [5, 5.41) is 13.2. The molecule has 0 amide bonds. The zero-order valence-corrected chi connectivity index (χ0v) is 13.0. The van der Waals surface area contributed by atoms with E-state index >= 15 is 0 Å². The lowest BCUT2D eigenvalue weighted by Crippen LogP contribution is -2.42. The molecule has 108 valence electrons. The highest BCUT2D eigenvalue weighted by molar-refractivity contribution is 5.42. The first-order valence-electron chi connectivity index (χ1n) is 6.83. The summed E-state index contributed by atoms with van der Waals surface area (Å²) in [4.78, 5) is 0. The highest BCUT2D eigenvalue weighted by atomic mass is 16.5. The number of aliphatic hydroxyl groups excluding tert-OH is 1. The van der Waals surface area contributed by atoms with E-state index in [4.69, 9.17) is 4.74 Å². The minimum Gasteiger partial charge on any atom is -0.490 e. The Hall–Kier alpha value is -1.06. The third-order valence-electron chi connectivity index (χ3n) is 2.89. The molecule has 0 saturated carbocycles. The van der Waals surface area contributed by atoms with Crippen LogP contribution in [0.1, 0.15) is 37.5 Å². The van der Waals surface area contributed by atoms with Gasteiger partial charge in [0.15, 0.2) is 0 Å². The minimum absolute atomic E-state index is 0.0106. The average molecular weight is 265 g/mol. The van der Waals surface area contributed by atoms with Crippen molar-refractivity contribution in [1.29, 1.82) is 0 Å². The fraction of sp³-hybridized carbons (Fsp3) is 0.625. The SMILES string of the molecule is Cc1cc(C)c(OC[C@@H](O)CNC(C)(C)C)c(C)c1. The van der Waals surface area contributed by atoms with Gasteiger partial charge in [0.05, 0.1) is 0 Å². The van der Waals surface area contributed by atoms with Crippen LogP contribution >= 0.6 is 0 Å². The lowest BCUT2D eigenvalue weighted by molar-refractivity contribution is 0.0994. The smallest absolute Gasteiger partial charge is 0.125 e. The van der Waals surface area contributed by atoms with Gasteiger partial charge in [0.2, 0.25) is 0 Å². The second kappa shape index (κ2) is 6.40. The molecular formula is C16H27NO2. The first kappa shape index (κ1) is 16.0. The molecule has 0 spiro atoms. The molecule has 3 heteroatoms. The molecule has 0 aliphatic heterocycles. The van der Waals surface area contributed by atoms with E-state index in [-0.39, 0.29) is 5.54 Å². The lowest BCUT2D eigenvalue weighted by Gasteiger charge is -2.23. The number of hydrogen-bond acceptors (Lipinski definition) is 3. The maximum atomic E-state index is 9.92. The summed E-state index contributed by atoms with van der Waals surface area (Å²) in [6.07, 6.45) is -0.501. The number of rotatable bonds is 5. The van der Waals surface area contributed by atoms with E-state index < -0.39 is 6.10 Å². The molecule has 0 aromatic heterocycles. The summed E-state index contributed by atoms with van der Waals surface area (Å²) < 4.78 is 5.76. The Morgan fingerprint density at radius 2 is 1.68 bits per heavy atom. The molecule has 1 aromatic carbocycles. The summed E-state index contributed by atoms with van der Waals surface area (Å²) >= 11 is 0. The normalized spacial score (nSPS) is 13.4. The van der Waals surface area contributed by atoms with Crippen molar-refractivity contribution in [2.24, 2.45) is 0 Å². The van der Waals surface area contributed by atoms with Crippen LogP contribution < -0.4 is 10.1 Å². The first-order chi connectivity index (χ1) is 8.69. The van der Waals surface area contributed by atoms with Gasteiger partial charge < -0.3 is 15.2 Å². The zero-order valence-electron chi connectivity index (χ0n) is 13.0. The molecule has 1 atom stereocenters. The molecule has 0 heterocycles. The summed E-state index contributed by atoms with van der Waals surface area (Å²) in [6.45, 7) is 13.2. The molecule has 0 saturated heterocycles. The highest BCUT2D eigenvalue weighted by Gasteiger charge is 2.13. The second-order valence-electron chi connectivity index (χ2n) is 6.32. The van der Waals surface area contributed by atoms with E-state index in [0.717, 1.165) is 16.9 Å². The maximum absolute atomic E-state index is 9.92. The fourth-order valence-corrected chi connectivity index (χ4v) is 2.06. The Bertz CT molecular complexity index is 398. The predicted octanol–water partition coefficient (Wildman–Crippen LogP) is 2.74. The standard InChI is InChI=1S/C16H27NO2/c1-11-7-12(2)15(13(3)8-11)19-10-14(18)9-17-16(4,5)6/h7-8,14,17-18H,9-10H2,1-6H3/t14-/m0/s1. The Morgan fingerprint density at radius 1 is 1.16 bits per heavy atom. The van der Waals surface area contributed by atoms with E-state index in [2.05, 4.69) is 45.1 Å². The molecular weight excluding hydrogens is 238 g/mol. The van der Waals surface area contributed by atoms with Crippen LogP contribution in [0.3, 0.4) is 0 Å². The maximum Gasteiger partial charge on any atom is 0.125 e. The summed E-state index contributed by atoms with van der Waals surface area (Å²) in [7, 11) is 0. The van der Waals surface area contributed by atoms with Crippen LogP contribution in [0, 0.1) is 20.8 Å². The molecule has 0 aliphatic rings. The summed E-state index contributed by atoms with van der Waals surface area (Å²) in [6, 6.07) is 4.20. The van der Waals surface area contributed by atoms with Crippen LogP contribution in [0.5, 0.6) is 5.75 Å². The number of aryl methyl sites for hydroxylation is 3. The van der Waals surface area contributed by atoms with Crippen LogP contribution in [0.2, 0.25) is 0 Å². The van der Waals surface area contributed by atoms with Crippen LogP contribution in [-0.4, -0.2) is 29.9 Å². The van der Waals surface area contributed by atoms with Gasteiger partial charge in [0, 0.05) is 12.1 Å². The van der Waals surface area contributed by atoms with Gasteiger partial charge in [-0.15, -0.1) is 0 Å². The topological polar surface area (TPSA) is 41.5 Å². The third kappa shape index (κ3) is 5.62. The molecule has 1 rings (SSSR count). The van der Waals surface area contributed by atoms with Crippen molar-refractivity contribution < 1.29 is 9.84 Å². The molecule has 0 aliphatic carbocycles. The number of ether oxygens (including phenoxy) is 1. The Kier molecular flexibility index (Phi) is 5.39. The molecule has 0 unspecified atom stereocenters. The molecule has 2 N–H and O–H groups in total. The van der Waals surface area contributed by atoms with E-state index in [9.17, 15) is 5.11 Å². The number of β-amino-alcohol motifs (C(OH)–C–C–N with tert-alkyl or cyclic N) is 1. The number of nitrogens with one attached hydrogen (secondary N) is 1. The highest BCUT2D eigenvalue weighted by Crippen LogP contribution is 2.24. The van der Waals surface area contributed by atoms with Crippen molar-refractivity contribution >= 4 is 0 Å². The summed E-state index contributed by atoms with van der Waals surface area (Å²) in [5.74, 6) is 0.889. The van der Waals surface area contributed by atoms with Crippen LogP contribution in [0.15, 0.2) is 12.1 Å². The Labute approximate surface area is 117 Å². The first-order valence-corrected chi connectivity index (χ1v) is 6.83. The number of aliphatic hydroxyl groups is 1. The monoisotopic (exact) mass is 265 g/mol. The van der Waals surface area contributed by atoms with E-state index in [1.54, 1.807) is 0 Å². The number of benzene rings is 1. The molecule has 19 heavy (non-hydrogen) atoms. The van der Waals surface area contributed by atoms with Crippen molar-refractivity contribution in [3.05, 3.63) is 28.8 Å². The number of hydrogen-bond donors (Lipinski definition) is 2. The van der Waals surface area contributed by atoms with Crippen molar-refractivity contribution in [3.8, 4) is 5.75 Å². The largest absolute Gasteiger partial charge is 0.490 e.